The Kier molecular flexibility index (Phi) is 14.9. The molecule has 25 heavy (non-hydrogen) atoms. The van der Waals surface area contributed by atoms with E-state index in [0.717, 1.165) is 17.5 Å². The summed E-state index contributed by atoms with van der Waals surface area (Å²) < 4.78 is 0. The molecule has 0 heterocycles. The molecule has 1 aromatic carbocycles. The number of carbonyl (C=O) groups excluding carboxylic acids is 1. The Balaban J connectivity index is 0.00000576. The van der Waals surface area contributed by atoms with Crippen LogP contribution in [0.3, 0.4) is 0 Å². The number of hydrogen-bond donors (Lipinski definition) is 1. The van der Waals surface area contributed by atoms with Crippen LogP contribution in [0.25, 0.3) is 6.08 Å². The van der Waals surface area contributed by atoms with Gasteiger partial charge < -0.3 is 15.0 Å². The summed E-state index contributed by atoms with van der Waals surface area (Å²) in [4.78, 5) is 10.3. The Hall–Kier alpha value is -0.870. The molecule has 0 saturated heterocycles. The van der Waals surface area contributed by atoms with Crippen LogP contribution in [0, 0.1) is 0 Å². The molecule has 0 fully saturated rings. The Labute approximate surface area is 174 Å². The fraction of sp³-hybridized carbons (Fsp3) is 0.476. The molecule has 0 aliphatic carbocycles. The minimum atomic E-state index is -1.00. The van der Waals surface area contributed by atoms with Gasteiger partial charge in [0.05, 0.1) is 6.10 Å². The summed E-state index contributed by atoms with van der Waals surface area (Å²) >= 11 is 0. The molecule has 4 heteroatoms. The number of unbranched alkanes of at least 4 members (excludes halogenated alkanes) is 4. The van der Waals surface area contributed by atoms with Gasteiger partial charge in [-0.2, -0.15) is 0 Å². The zero-order chi connectivity index (χ0) is 17.6. The van der Waals surface area contributed by atoms with Gasteiger partial charge in [0.25, 0.3) is 0 Å². The van der Waals surface area contributed by atoms with Crippen LogP contribution < -0.4 is 34.7 Å². The van der Waals surface area contributed by atoms with E-state index in [0.29, 0.717) is 19.3 Å². The van der Waals surface area contributed by atoms with Crippen molar-refractivity contribution in [1.29, 1.82) is 0 Å². The second-order valence-electron chi connectivity index (χ2n) is 6.06. The van der Waals surface area contributed by atoms with Crippen molar-refractivity contribution < 1.29 is 44.6 Å². The normalized spacial score (nSPS) is 12.4. The topological polar surface area (TPSA) is 60.4 Å². The third-order valence-electron chi connectivity index (χ3n) is 3.86. The van der Waals surface area contributed by atoms with Gasteiger partial charge in [0.1, 0.15) is 0 Å². The summed E-state index contributed by atoms with van der Waals surface area (Å²) in [6.07, 6.45) is 14.4. The quantitative estimate of drug-likeness (QED) is 0.349. The molecular formula is C21H29NaO3. The predicted octanol–water partition coefficient (Wildman–Crippen LogP) is 1.18. The molecule has 1 unspecified atom stereocenters. The first-order valence-corrected chi connectivity index (χ1v) is 8.93. The molecule has 0 radical (unpaired) electrons. The summed E-state index contributed by atoms with van der Waals surface area (Å²) in [7, 11) is 0. The fourth-order valence-electron chi connectivity index (χ4n) is 2.44. The van der Waals surface area contributed by atoms with Gasteiger partial charge in [-0.15, -0.1) is 0 Å². The number of hydrogen-bond acceptors (Lipinski definition) is 3. The van der Waals surface area contributed by atoms with Gasteiger partial charge in [0, 0.05) is 5.97 Å². The molecule has 3 nitrogen and oxygen atoms in total. The standard InChI is InChI=1S/C21H30O3.Na/c1-2-3-4-5-6-9-15-20(22)19-14-11-13-18(17-19)12-8-7-10-16-21(23)24;/h6,8-9,11-14,17,20,22H,2-5,7,10,15-16H2,1H3,(H,23,24);/q;+1/p-1/b9-6-,12-8-;. The number of benzene rings is 1. The molecule has 0 amide bonds. The van der Waals surface area contributed by atoms with E-state index in [4.69, 9.17) is 0 Å². The van der Waals surface area contributed by atoms with Crippen LogP contribution in [0.15, 0.2) is 42.5 Å². The van der Waals surface area contributed by atoms with E-state index in [1.54, 1.807) is 0 Å². The smallest absolute Gasteiger partial charge is 0.550 e. The van der Waals surface area contributed by atoms with Crippen molar-refractivity contribution in [1.82, 2.24) is 0 Å². The van der Waals surface area contributed by atoms with Crippen LogP contribution in [-0.4, -0.2) is 11.1 Å². The van der Waals surface area contributed by atoms with Crippen LogP contribution in [0.2, 0.25) is 0 Å². The van der Waals surface area contributed by atoms with Gasteiger partial charge >= 0.3 is 29.6 Å². The van der Waals surface area contributed by atoms with Crippen molar-refractivity contribution in [2.24, 2.45) is 0 Å². The van der Waals surface area contributed by atoms with Crippen LogP contribution in [0.5, 0.6) is 0 Å². The minimum absolute atomic E-state index is 0. The first kappa shape index (κ1) is 24.1. The first-order chi connectivity index (χ1) is 11.6. The predicted molar refractivity (Wildman–Crippen MR) is 97.2 cm³/mol. The average molecular weight is 352 g/mol. The molecule has 0 aliphatic rings. The van der Waals surface area contributed by atoms with Crippen molar-refractivity contribution in [3.05, 3.63) is 53.6 Å². The molecule has 1 N–H and O–H groups in total. The number of rotatable bonds is 12. The number of aliphatic hydroxyl groups excluding tert-OH is 1. The van der Waals surface area contributed by atoms with E-state index in [9.17, 15) is 15.0 Å². The van der Waals surface area contributed by atoms with Crippen LogP contribution in [0.4, 0.5) is 0 Å². The maximum Gasteiger partial charge on any atom is 1.00 e. The Morgan fingerprint density at radius 3 is 2.64 bits per heavy atom. The maximum absolute atomic E-state index is 10.3. The molecule has 1 aromatic rings. The van der Waals surface area contributed by atoms with Gasteiger partial charge in [0.15, 0.2) is 0 Å². The van der Waals surface area contributed by atoms with Crippen LogP contribution in [-0.2, 0) is 4.79 Å². The zero-order valence-electron chi connectivity index (χ0n) is 15.6. The summed E-state index contributed by atoms with van der Waals surface area (Å²) in [6, 6.07) is 7.82. The molecule has 1 atom stereocenters. The second kappa shape index (κ2) is 15.4. The number of carbonyl (C=O) groups is 1. The SMILES string of the molecule is CCCCC/C=C\CC(O)c1cccc(/C=C\CCCC(=O)[O-])c1.[Na+]. The monoisotopic (exact) mass is 352 g/mol. The largest absolute Gasteiger partial charge is 1.00 e. The van der Waals surface area contributed by atoms with Crippen molar-refractivity contribution in [3.63, 3.8) is 0 Å². The van der Waals surface area contributed by atoms with Crippen LogP contribution >= 0.6 is 0 Å². The van der Waals surface area contributed by atoms with E-state index in [1.165, 1.54) is 19.3 Å². The number of aliphatic carboxylic acids is 1. The first-order valence-electron chi connectivity index (χ1n) is 8.93. The fourth-order valence-corrected chi connectivity index (χ4v) is 2.44. The molecular weight excluding hydrogens is 323 g/mol. The summed E-state index contributed by atoms with van der Waals surface area (Å²) in [5.74, 6) is -1.00. The van der Waals surface area contributed by atoms with E-state index in [-0.39, 0.29) is 36.0 Å². The minimum Gasteiger partial charge on any atom is -0.550 e. The average Bonchev–Trinajstić information content (AvgIpc) is 2.57. The Morgan fingerprint density at radius 1 is 1.16 bits per heavy atom. The number of aliphatic hydroxyl groups is 1. The molecule has 0 bridgehead atoms. The molecule has 132 valence electrons. The van der Waals surface area contributed by atoms with E-state index in [1.807, 2.05) is 36.4 Å². The molecule has 0 aromatic heterocycles. The molecule has 0 aliphatic heterocycles. The van der Waals surface area contributed by atoms with Crippen LogP contribution in [0.1, 0.15) is 75.5 Å². The van der Waals surface area contributed by atoms with E-state index >= 15 is 0 Å². The number of carboxylic acids is 1. The summed E-state index contributed by atoms with van der Waals surface area (Å²) in [6.45, 7) is 2.19. The third kappa shape index (κ3) is 12.2. The van der Waals surface area contributed by atoms with Gasteiger partial charge in [-0.1, -0.05) is 62.3 Å². The third-order valence-corrected chi connectivity index (χ3v) is 3.86. The van der Waals surface area contributed by atoms with Crippen molar-refractivity contribution in [2.75, 3.05) is 0 Å². The van der Waals surface area contributed by atoms with Gasteiger partial charge in [-0.3, -0.25) is 0 Å². The van der Waals surface area contributed by atoms with Gasteiger partial charge in [-0.25, -0.2) is 0 Å². The molecule has 1 rings (SSSR count). The molecule has 0 saturated carbocycles. The van der Waals surface area contributed by atoms with E-state index < -0.39 is 12.1 Å². The Morgan fingerprint density at radius 2 is 1.92 bits per heavy atom. The van der Waals surface area contributed by atoms with Crippen molar-refractivity contribution in [3.8, 4) is 0 Å². The van der Waals surface area contributed by atoms with E-state index in [2.05, 4.69) is 19.1 Å². The molecule has 0 spiro atoms. The Bertz CT molecular complexity index is 538. The second-order valence-corrected chi connectivity index (χ2v) is 6.06. The summed E-state index contributed by atoms with van der Waals surface area (Å²) in [5, 5.41) is 20.6. The number of carboxylic acid groups (broad SMARTS) is 1. The van der Waals surface area contributed by atoms with Crippen molar-refractivity contribution >= 4 is 12.0 Å². The summed E-state index contributed by atoms with van der Waals surface area (Å²) in [5.41, 5.74) is 1.93. The zero-order valence-corrected chi connectivity index (χ0v) is 17.6. The number of allylic oxidation sites excluding steroid dienone is 2. The van der Waals surface area contributed by atoms with Gasteiger partial charge in [0.2, 0.25) is 0 Å². The van der Waals surface area contributed by atoms with Gasteiger partial charge in [-0.05, 0) is 55.7 Å². The van der Waals surface area contributed by atoms with Crippen molar-refractivity contribution in [2.45, 2.75) is 64.4 Å². The maximum atomic E-state index is 10.3.